The van der Waals surface area contributed by atoms with Crippen molar-refractivity contribution in [3.05, 3.63) is 0 Å². The number of hydrogen-bond donors (Lipinski definition) is 1. The number of carbonyl (C=O) groups is 1. The Morgan fingerprint density at radius 1 is 1.27 bits per heavy atom. The van der Waals surface area contributed by atoms with Gasteiger partial charge in [-0.15, -0.1) is 0 Å². The molecular weight excluding hydrogens is 201 g/mol. The molecule has 0 rings (SSSR count). The van der Waals surface area contributed by atoms with Crippen molar-refractivity contribution in [1.29, 1.82) is 5.41 Å². The lowest BCUT2D eigenvalue weighted by atomic mass is 10.00. The highest BCUT2D eigenvalue weighted by molar-refractivity contribution is 6.04. The lowest BCUT2D eigenvalue weighted by molar-refractivity contribution is -0.154. The van der Waals surface area contributed by atoms with Gasteiger partial charge in [-0.3, -0.25) is 5.41 Å². The molecule has 0 aromatic carbocycles. The Kier molecular flexibility index (Phi) is 5.89. The number of rotatable bonds is 6. The van der Waals surface area contributed by atoms with Gasteiger partial charge < -0.3 is 9.47 Å². The van der Waals surface area contributed by atoms with E-state index in [1.165, 1.54) is 0 Å². The molecule has 0 saturated carbocycles. The Hall–Kier alpha value is -1.13. The van der Waals surface area contributed by atoms with Crippen molar-refractivity contribution in [3.63, 3.8) is 0 Å². The van der Waals surface area contributed by atoms with Gasteiger partial charge in [0.05, 0.1) is 13.2 Å². The van der Waals surface area contributed by atoms with Crippen molar-refractivity contribution in [1.82, 2.24) is 0 Å². The number of nitrogens with one attached hydrogen (secondary N) is 1. The second-order valence-electron chi connectivity index (χ2n) is 3.03. The van der Waals surface area contributed by atoms with Gasteiger partial charge in [0.15, 0.2) is 0 Å². The molecule has 0 amide bonds. The van der Waals surface area contributed by atoms with Gasteiger partial charge in [0, 0.05) is 6.42 Å². The Balaban J connectivity index is 4.70. The Morgan fingerprint density at radius 3 is 2.20 bits per heavy atom. The minimum Gasteiger partial charge on any atom is -0.479 e. The number of carbonyl (C=O) groups excluding carboxylic acids is 1. The zero-order valence-corrected chi connectivity index (χ0v) is 9.43. The van der Waals surface area contributed by atoms with Crippen LogP contribution >= 0.6 is 0 Å². The van der Waals surface area contributed by atoms with E-state index >= 15 is 0 Å². The second kappa shape index (κ2) is 6.37. The third kappa shape index (κ3) is 3.49. The van der Waals surface area contributed by atoms with Crippen LogP contribution in [0, 0.1) is 5.41 Å². The Morgan fingerprint density at radius 2 is 1.80 bits per heavy atom. The van der Waals surface area contributed by atoms with Crippen LogP contribution in [0.1, 0.15) is 33.6 Å². The van der Waals surface area contributed by atoms with E-state index < -0.39 is 17.5 Å². The summed E-state index contributed by atoms with van der Waals surface area (Å²) >= 11 is 0. The van der Waals surface area contributed by atoms with Gasteiger partial charge in [-0.1, -0.05) is 13.3 Å². The lowest BCUT2D eigenvalue weighted by Crippen LogP contribution is -2.44. The maximum absolute atomic E-state index is 14.1. The van der Waals surface area contributed by atoms with E-state index in [-0.39, 0.29) is 19.6 Å². The Labute approximate surface area is 89.3 Å². The van der Waals surface area contributed by atoms with Crippen LogP contribution < -0.4 is 0 Å². The first-order valence-corrected chi connectivity index (χ1v) is 5.10. The number of alkyl halides is 1. The molecule has 0 saturated heterocycles. The summed E-state index contributed by atoms with van der Waals surface area (Å²) in [4.78, 5) is 11.4. The summed E-state index contributed by atoms with van der Waals surface area (Å²) in [6.45, 7) is 5.20. The first-order valence-electron chi connectivity index (χ1n) is 5.10. The molecule has 88 valence electrons. The number of ether oxygens (including phenoxy) is 2. The summed E-state index contributed by atoms with van der Waals surface area (Å²) in [5, 5.41) is 7.36. The third-order valence-electron chi connectivity index (χ3n) is 1.84. The molecule has 15 heavy (non-hydrogen) atoms. The first-order chi connectivity index (χ1) is 7.02. The molecule has 0 fully saturated rings. The minimum absolute atomic E-state index is 0.0909. The average Bonchev–Trinajstić information content (AvgIpc) is 2.18. The molecule has 1 N–H and O–H groups in total. The van der Waals surface area contributed by atoms with Crippen LogP contribution in [0.3, 0.4) is 0 Å². The van der Waals surface area contributed by atoms with Gasteiger partial charge in [-0.2, -0.15) is 0 Å². The van der Waals surface area contributed by atoms with Gasteiger partial charge in [0.25, 0.3) is 5.67 Å². The largest absolute Gasteiger partial charge is 0.479 e. The number of esters is 1. The SMILES string of the molecule is CCCC(F)(C(=N)OCC)C(=O)OCC. The molecule has 0 aromatic heterocycles. The highest BCUT2D eigenvalue weighted by Crippen LogP contribution is 2.22. The van der Waals surface area contributed by atoms with Crippen LogP contribution in [0.2, 0.25) is 0 Å². The highest BCUT2D eigenvalue weighted by atomic mass is 19.1. The monoisotopic (exact) mass is 219 g/mol. The van der Waals surface area contributed by atoms with E-state index in [1.807, 2.05) is 0 Å². The summed E-state index contributed by atoms with van der Waals surface area (Å²) in [6, 6.07) is 0. The smallest absolute Gasteiger partial charge is 0.353 e. The van der Waals surface area contributed by atoms with Crippen LogP contribution in [-0.4, -0.2) is 30.7 Å². The van der Waals surface area contributed by atoms with Gasteiger partial charge >= 0.3 is 5.97 Å². The number of hydrogen-bond acceptors (Lipinski definition) is 4. The van der Waals surface area contributed by atoms with Crippen molar-refractivity contribution in [2.24, 2.45) is 0 Å². The zero-order chi connectivity index (χ0) is 11.9. The van der Waals surface area contributed by atoms with Crippen LogP contribution in [0.15, 0.2) is 0 Å². The predicted molar refractivity (Wildman–Crippen MR) is 54.7 cm³/mol. The molecular formula is C10H18FNO3. The van der Waals surface area contributed by atoms with Crippen LogP contribution in [0.25, 0.3) is 0 Å². The first kappa shape index (κ1) is 13.9. The topological polar surface area (TPSA) is 59.4 Å². The molecule has 5 heteroatoms. The predicted octanol–water partition coefficient (Wildman–Crippen LogP) is 2.07. The van der Waals surface area contributed by atoms with Crippen molar-refractivity contribution in [2.75, 3.05) is 13.2 Å². The van der Waals surface area contributed by atoms with Gasteiger partial charge in [0.1, 0.15) is 0 Å². The average molecular weight is 219 g/mol. The maximum atomic E-state index is 14.1. The van der Waals surface area contributed by atoms with E-state index in [2.05, 4.69) is 4.74 Å². The van der Waals surface area contributed by atoms with Crippen molar-refractivity contribution in [3.8, 4) is 0 Å². The fraction of sp³-hybridized carbons (Fsp3) is 0.800. The molecule has 0 aliphatic carbocycles. The molecule has 1 unspecified atom stereocenters. The van der Waals surface area contributed by atoms with Gasteiger partial charge in [-0.25, -0.2) is 9.18 Å². The minimum atomic E-state index is -2.43. The van der Waals surface area contributed by atoms with E-state index in [9.17, 15) is 9.18 Å². The maximum Gasteiger partial charge on any atom is 0.353 e. The van der Waals surface area contributed by atoms with Crippen molar-refractivity contribution in [2.45, 2.75) is 39.3 Å². The molecule has 0 spiro atoms. The standard InChI is InChI=1S/C10H18FNO3/c1-4-7-10(11,8(12)14-5-2)9(13)15-6-3/h12H,4-7H2,1-3H3. The van der Waals surface area contributed by atoms with Crippen molar-refractivity contribution < 1.29 is 18.7 Å². The molecule has 0 aliphatic heterocycles. The summed E-state index contributed by atoms with van der Waals surface area (Å²) in [5.41, 5.74) is -2.43. The van der Waals surface area contributed by atoms with Crippen molar-refractivity contribution >= 4 is 11.9 Å². The van der Waals surface area contributed by atoms with Crippen LogP contribution in [-0.2, 0) is 14.3 Å². The van der Waals surface area contributed by atoms with Gasteiger partial charge in [-0.05, 0) is 13.8 Å². The van der Waals surface area contributed by atoms with Gasteiger partial charge in [0.2, 0.25) is 5.90 Å². The fourth-order valence-electron chi connectivity index (χ4n) is 1.16. The lowest BCUT2D eigenvalue weighted by Gasteiger charge is -2.22. The molecule has 0 heterocycles. The molecule has 1 atom stereocenters. The summed E-state index contributed by atoms with van der Waals surface area (Å²) < 4.78 is 23.5. The number of halogens is 1. The van der Waals surface area contributed by atoms with Crippen LogP contribution in [0.5, 0.6) is 0 Å². The molecule has 0 aromatic rings. The summed E-state index contributed by atoms with van der Waals surface area (Å²) in [6.07, 6.45) is 0.343. The van der Waals surface area contributed by atoms with E-state index in [4.69, 9.17) is 10.1 Å². The third-order valence-corrected chi connectivity index (χ3v) is 1.84. The second-order valence-corrected chi connectivity index (χ2v) is 3.03. The van der Waals surface area contributed by atoms with E-state index in [0.29, 0.717) is 6.42 Å². The molecule has 0 radical (unpaired) electrons. The highest BCUT2D eigenvalue weighted by Gasteiger charge is 2.45. The van der Waals surface area contributed by atoms with Crippen LogP contribution in [0.4, 0.5) is 4.39 Å². The molecule has 0 aliphatic rings. The summed E-state index contributed by atoms with van der Waals surface area (Å²) in [5.74, 6) is -1.70. The Bertz CT molecular complexity index is 213. The summed E-state index contributed by atoms with van der Waals surface area (Å²) in [7, 11) is 0. The fourth-order valence-corrected chi connectivity index (χ4v) is 1.16. The zero-order valence-electron chi connectivity index (χ0n) is 9.43. The normalized spacial score (nSPS) is 14.1. The van der Waals surface area contributed by atoms with E-state index in [1.54, 1.807) is 20.8 Å². The molecule has 0 bridgehead atoms. The van der Waals surface area contributed by atoms with E-state index in [0.717, 1.165) is 0 Å². The molecule has 4 nitrogen and oxygen atoms in total. The quantitative estimate of drug-likeness (QED) is 0.422.